The quantitative estimate of drug-likeness (QED) is 0.608. The highest BCUT2D eigenvalue weighted by molar-refractivity contribution is 6.20. The van der Waals surface area contributed by atoms with Gasteiger partial charge in [0.2, 0.25) is 0 Å². The Morgan fingerprint density at radius 3 is 2.90 bits per heavy atom. The average molecular weight is 306 g/mol. The van der Waals surface area contributed by atoms with Crippen molar-refractivity contribution in [1.29, 1.82) is 0 Å². The van der Waals surface area contributed by atoms with E-state index in [1.165, 1.54) is 4.57 Å². The molecule has 0 aliphatic heterocycles. The molecule has 1 unspecified atom stereocenters. The summed E-state index contributed by atoms with van der Waals surface area (Å²) in [5.41, 5.74) is 1.89. The first kappa shape index (κ1) is 15.0. The van der Waals surface area contributed by atoms with Crippen LogP contribution in [0.5, 0.6) is 0 Å². The second-order valence-corrected chi connectivity index (χ2v) is 4.90. The van der Waals surface area contributed by atoms with Crippen LogP contribution in [0.4, 0.5) is 8.78 Å². The van der Waals surface area contributed by atoms with E-state index in [0.29, 0.717) is 17.5 Å². The largest absolute Gasteiger partial charge is 0.419 e. The number of alkyl halides is 3. The van der Waals surface area contributed by atoms with Crippen molar-refractivity contribution in [3.63, 3.8) is 0 Å². The first-order chi connectivity index (χ1) is 9.49. The number of fused-ring (bicyclic) bond motifs is 1. The lowest BCUT2D eigenvalue weighted by Gasteiger charge is -2.10. The number of aromatic nitrogens is 1. The predicted octanol–water partition coefficient (Wildman–Crippen LogP) is 3.08. The van der Waals surface area contributed by atoms with Crippen LogP contribution < -0.4 is 5.76 Å². The maximum atomic E-state index is 11.9. The van der Waals surface area contributed by atoms with E-state index in [2.05, 4.69) is 0 Å². The van der Waals surface area contributed by atoms with E-state index < -0.39 is 18.8 Å². The summed E-state index contributed by atoms with van der Waals surface area (Å²) in [6.45, 7) is -0.439. The number of hydrogen-bond acceptors (Lipinski definition) is 3. The molecule has 1 aromatic heterocycles. The monoisotopic (exact) mass is 305 g/mol. The molecular formula is C13H14ClF2NO3. The van der Waals surface area contributed by atoms with Crippen molar-refractivity contribution in [3.8, 4) is 0 Å². The maximum Gasteiger partial charge on any atom is 0.419 e. The molecule has 20 heavy (non-hydrogen) atoms. The Labute approximate surface area is 118 Å². The Morgan fingerprint density at radius 2 is 2.20 bits per heavy atom. The van der Waals surface area contributed by atoms with Crippen LogP contribution in [0.2, 0.25) is 0 Å². The third-order valence-electron chi connectivity index (χ3n) is 2.94. The first-order valence-electron chi connectivity index (χ1n) is 6.08. The highest BCUT2D eigenvalue weighted by Gasteiger charge is 2.12. The lowest BCUT2D eigenvalue weighted by molar-refractivity contribution is 0.0165. The molecule has 0 N–H and O–H groups in total. The molecule has 0 saturated heterocycles. The summed E-state index contributed by atoms with van der Waals surface area (Å²) in [6, 6.07) is 5.20. The molecule has 0 bridgehead atoms. The van der Waals surface area contributed by atoms with Gasteiger partial charge in [0.1, 0.15) is 6.61 Å². The van der Waals surface area contributed by atoms with Crippen LogP contribution in [0.1, 0.15) is 17.4 Å². The van der Waals surface area contributed by atoms with Gasteiger partial charge >= 0.3 is 5.76 Å². The molecule has 1 aromatic carbocycles. The lowest BCUT2D eigenvalue weighted by Crippen LogP contribution is -2.08. The van der Waals surface area contributed by atoms with Crippen LogP contribution >= 0.6 is 11.6 Å². The van der Waals surface area contributed by atoms with Crippen molar-refractivity contribution in [2.45, 2.75) is 18.2 Å². The van der Waals surface area contributed by atoms with Crippen LogP contribution in [-0.2, 0) is 11.8 Å². The number of nitrogens with zero attached hydrogens (tertiary/aromatic N) is 1. The number of oxazole rings is 1. The highest BCUT2D eigenvalue weighted by atomic mass is 35.5. The van der Waals surface area contributed by atoms with Gasteiger partial charge in [-0.1, -0.05) is 6.07 Å². The van der Waals surface area contributed by atoms with Crippen LogP contribution in [0.15, 0.2) is 27.4 Å². The highest BCUT2D eigenvalue weighted by Crippen LogP contribution is 2.27. The van der Waals surface area contributed by atoms with Gasteiger partial charge in [-0.25, -0.2) is 13.6 Å². The lowest BCUT2D eigenvalue weighted by atomic mass is 10.1. The van der Waals surface area contributed by atoms with Crippen molar-refractivity contribution < 1.29 is 17.9 Å². The minimum absolute atomic E-state index is 0.148. The van der Waals surface area contributed by atoms with Crippen LogP contribution in [0.25, 0.3) is 11.1 Å². The number of aryl methyl sites for hydroxylation is 1. The summed E-state index contributed by atoms with van der Waals surface area (Å²) in [5, 5.41) is -0.386. The normalized spacial score (nSPS) is 13.2. The Kier molecular flexibility index (Phi) is 4.77. The van der Waals surface area contributed by atoms with E-state index in [0.717, 1.165) is 5.56 Å². The zero-order chi connectivity index (χ0) is 14.7. The molecule has 110 valence electrons. The van der Waals surface area contributed by atoms with Gasteiger partial charge in [-0.2, -0.15) is 0 Å². The number of ether oxygens (including phenoxy) is 1. The van der Waals surface area contributed by atoms with Crippen molar-refractivity contribution >= 4 is 22.7 Å². The zero-order valence-corrected chi connectivity index (χ0v) is 11.6. The smallest absolute Gasteiger partial charge is 0.408 e. The molecule has 2 rings (SSSR count). The maximum absolute atomic E-state index is 11.9. The van der Waals surface area contributed by atoms with E-state index in [1.54, 1.807) is 25.2 Å². The first-order valence-corrected chi connectivity index (χ1v) is 6.52. The SMILES string of the molecule is Cn1c(=O)oc2cc(C(Cl)CCOCC(F)F)ccc21. The van der Waals surface area contributed by atoms with E-state index in [9.17, 15) is 13.6 Å². The Balaban J connectivity index is 2.03. The van der Waals surface area contributed by atoms with Gasteiger partial charge in [-0.05, 0) is 24.1 Å². The van der Waals surface area contributed by atoms with Gasteiger partial charge in [-0.3, -0.25) is 4.57 Å². The van der Waals surface area contributed by atoms with E-state index in [1.807, 2.05) is 0 Å². The van der Waals surface area contributed by atoms with E-state index in [4.69, 9.17) is 20.8 Å². The zero-order valence-electron chi connectivity index (χ0n) is 10.8. The molecule has 2 aromatic rings. The van der Waals surface area contributed by atoms with Gasteiger partial charge in [0, 0.05) is 13.7 Å². The second-order valence-electron chi connectivity index (χ2n) is 4.38. The van der Waals surface area contributed by atoms with Crippen molar-refractivity contribution in [3.05, 3.63) is 34.3 Å². The summed E-state index contributed by atoms with van der Waals surface area (Å²) in [4.78, 5) is 11.4. The molecule has 0 fully saturated rings. The second kappa shape index (κ2) is 6.37. The molecule has 0 amide bonds. The van der Waals surface area contributed by atoms with Gasteiger partial charge in [-0.15, -0.1) is 11.6 Å². The van der Waals surface area contributed by atoms with Gasteiger partial charge in [0.25, 0.3) is 6.43 Å². The third-order valence-corrected chi connectivity index (χ3v) is 3.41. The van der Waals surface area contributed by atoms with E-state index in [-0.39, 0.29) is 12.0 Å². The standard InChI is InChI=1S/C13H14ClF2NO3/c1-17-10-3-2-8(6-11(10)20-13(17)18)9(14)4-5-19-7-12(15)16/h2-3,6,9,12H,4-5,7H2,1H3. The molecule has 7 heteroatoms. The molecule has 0 radical (unpaired) electrons. The summed E-state index contributed by atoms with van der Waals surface area (Å²) in [6.07, 6.45) is -2.07. The Morgan fingerprint density at radius 1 is 1.45 bits per heavy atom. The summed E-state index contributed by atoms with van der Waals surface area (Å²) in [7, 11) is 1.62. The Hall–Kier alpha value is -1.40. The molecule has 4 nitrogen and oxygen atoms in total. The van der Waals surface area contributed by atoms with Crippen LogP contribution in [-0.4, -0.2) is 24.2 Å². The van der Waals surface area contributed by atoms with Crippen LogP contribution in [0, 0.1) is 0 Å². The van der Waals surface area contributed by atoms with E-state index >= 15 is 0 Å². The molecule has 0 spiro atoms. The Bertz CT molecular complexity index is 638. The number of rotatable bonds is 6. The van der Waals surface area contributed by atoms with Crippen molar-refractivity contribution in [1.82, 2.24) is 4.57 Å². The minimum atomic E-state index is -2.47. The fraction of sp³-hybridized carbons (Fsp3) is 0.462. The fourth-order valence-corrected chi connectivity index (χ4v) is 2.10. The van der Waals surface area contributed by atoms with Crippen LogP contribution in [0.3, 0.4) is 0 Å². The van der Waals surface area contributed by atoms with Gasteiger partial charge in [0.05, 0.1) is 10.9 Å². The number of benzene rings is 1. The summed E-state index contributed by atoms with van der Waals surface area (Å²) < 4.78 is 35.0. The van der Waals surface area contributed by atoms with Gasteiger partial charge in [0.15, 0.2) is 5.58 Å². The predicted molar refractivity (Wildman–Crippen MR) is 71.5 cm³/mol. The topological polar surface area (TPSA) is 44.4 Å². The fourth-order valence-electron chi connectivity index (χ4n) is 1.87. The molecule has 1 heterocycles. The molecule has 0 aliphatic carbocycles. The number of hydrogen-bond donors (Lipinski definition) is 0. The average Bonchev–Trinajstić information content (AvgIpc) is 2.69. The minimum Gasteiger partial charge on any atom is -0.408 e. The van der Waals surface area contributed by atoms with Gasteiger partial charge < -0.3 is 9.15 Å². The third kappa shape index (κ3) is 3.37. The summed E-state index contributed by atoms with van der Waals surface area (Å²) >= 11 is 6.17. The van der Waals surface area contributed by atoms with Crippen molar-refractivity contribution in [2.75, 3.05) is 13.2 Å². The number of halogens is 3. The summed E-state index contributed by atoms with van der Waals surface area (Å²) in [5.74, 6) is -0.441. The molecule has 0 aliphatic rings. The molecule has 1 atom stereocenters. The molecular weight excluding hydrogens is 292 g/mol. The van der Waals surface area contributed by atoms with Crippen molar-refractivity contribution in [2.24, 2.45) is 7.05 Å². The molecule has 0 saturated carbocycles.